The average Bonchev–Trinajstić information content (AvgIpc) is 3.36. The van der Waals surface area contributed by atoms with Crippen LogP contribution < -0.4 is 9.80 Å². The number of hydrogen-bond donors (Lipinski definition) is 1. The summed E-state index contributed by atoms with van der Waals surface area (Å²) in [5.41, 5.74) is 14.6. The Hall–Kier alpha value is -8.14. The van der Waals surface area contributed by atoms with Crippen molar-refractivity contribution in [2.24, 2.45) is 0 Å². The Kier molecular flexibility index (Phi) is 10.3. The molecule has 0 fully saturated rings. The molecule has 0 amide bonds. The van der Waals surface area contributed by atoms with E-state index in [1.165, 1.54) is 43.8 Å². The van der Waals surface area contributed by atoms with Gasteiger partial charge in [0, 0.05) is 50.6 Å². The topological polar surface area (TPSA) is 26.7 Å². The van der Waals surface area contributed by atoms with E-state index < -0.39 is 0 Å². The van der Waals surface area contributed by atoms with Crippen LogP contribution in [0.15, 0.2) is 207 Å². The number of phenolic OH excluding ortho intramolecular Hbond substituents is 1. The number of rotatable bonds is 9. The van der Waals surface area contributed by atoms with Gasteiger partial charge in [0.05, 0.1) is 17.1 Å². The molecule has 0 saturated carbocycles. The van der Waals surface area contributed by atoms with Crippen LogP contribution in [0, 0.1) is 13.8 Å². The zero-order valence-corrected chi connectivity index (χ0v) is 37.6. The molecule has 3 nitrogen and oxygen atoms in total. The number of fused-ring (bicyclic) bond motifs is 7. The molecule has 0 atom stereocenters. The first-order valence-electron chi connectivity index (χ1n) is 22.9. The van der Waals surface area contributed by atoms with Crippen LogP contribution in [0.3, 0.4) is 0 Å². The molecular formula is C63H50N2O. The molecular weight excluding hydrogens is 801 g/mol. The van der Waals surface area contributed by atoms with Crippen LogP contribution in [0.1, 0.15) is 52.3 Å². The van der Waals surface area contributed by atoms with Crippen molar-refractivity contribution in [1.82, 2.24) is 0 Å². The van der Waals surface area contributed by atoms with E-state index in [4.69, 9.17) is 6.58 Å². The molecule has 0 heterocycles. The number of aryl methyl sites for hydroxylation is 3. The molecule has 1 aliphatic carbocycles. The molecule has 3 heteroatoms. The van der Waals surface area contributed by atoms with E-state index in [1.807, 2.05) is 6.07 Å². The van der Waals surface area contributed by atoms with Gasteiger partial charge < -0.3 is 14.9 Å². The fraction of sp³-hybridized carbons (Fsp3) is 0.0794. The summed E-state index contributed by atoms with van der Waals surface area (Å²) in [7, 11) is 0. The van der Waals surface area contributed by atoms with Crippen LogP contribution in [0.4, 0.5) is 28.4 Å². The van der Waals surface area contributed by atoms with E-state index in [1.54, 1.807) is 0 Å². The van der Waals surface area contributed by atoms with E-state index in [2.05, 4.69) is 231 Å². The monoisotopic (exact) mass is 850 g/mol. The van der Waals surface area contributed by atoms with Gasteiger partial charge in [-0.1, -0.05) is 182 Å². The van der Waals surface area contributed by atoms with Gasteiger partial charge in [0.1, 0.15) is 5.75 Å². The Morgan fingerprint density at radius 3 is 1.73 bits per heavy atom. The van der Waals surface area contributed by atoms with Gasteiger partial charge in [-0.15, -0.1) is 0 Å². The highest BCUT2D eigenvalue weighted by atomic mass is 16.3. The van der Waals surface area contributed by atoms with E-state index in [9.17, 15) is 5.11 Å². The lowest BCUT2D eigenvalue weighted by Crippen LogP contribution is -2.19. The average molecular weight is 851 g/mol. The molecule has 0 aliphatic heterocycles. The SMILES string of the molecule is C=C(c1ccccc1/C(=C\C)N(c1ccc(C)cc1)c1cc2ccccc2c2c1C=CCC2)c1c(O)cc(N(c2ccc(C)cc2)c2cc3ccccc3c3ccccc23)c2ccccc12. The number of anilines is 5. The van der Waals surface area contributed by atoms with Gasteiger partial charge in [0.15, 0.2) is 0 Å². The number of phenols is 1. The summed E-state index contributed by atoms with van der Waals surface area (Å²) in [6.45, 7) is 11.2. The number of aromatic hydroxyl groups is 1. The summed E-state index contributed by atoms with van der Waals surface area (Å²) in [6.07, 6.45) is 8.84. The number of hydrogen-bond acceptors (Lipinski definition) is 3. The van der Waals surface area contributed by atoms with E-state index in [0.29, 0.717) is 5.56 Å². The van der Waals surface area contributed by atoms with Gasteiger partial charge in [-0.25, -0.2) is 0 Å². The Labute approximate surface area is 387 Å². The highest BCUT2D eigenvalue weighted by molar-refractivity contribution is 6.17. The van der Waals surface area contributed by atoms with Crippen molar-refractivity contribution in [1.29, 1.82) is 0 Å². The molecule has 0 saturated heterocycles. The number of allylic oxidation sites excluding steroid dienone is 2. The van der Waals surface area contributed by atoms with Crippen molar-refractivity contribution in [2.75, 3.05) is 9.80 Å². The Bertz CT molecular complexity index is 3600. The van der Waals surface area contributed by atoms with Gasteiger partial charge in [0.2, 0.25) is 0 Å². The van der Waals surface area contributed by atoms with Crippen LogP contribution in [0.25, 0.3) is 60.4 Å². The molecule has 318 valence electrons. The molecule has 1 N–H and O–H groups in total. The molecule has 0 radical (unpaired) electrons. The Morgan fingerprint density at radius 1 is 0.530 bits per heavy atom. The molecule has 0 aromatic heterocycles. The molecule has 1 aliphatic rings. The molecule has 66 heavy (non-hydrogen) atoms. The normalized spacial score (nSPS) is 12.5. The summed E-state index contributed by atoms with van der Waals surface area (Å²) in [5.74, 6) is 0.164. The van der Waals surface area contributed by atoms with Gasteiger partial charge in [-0.2, -0.15) is 0 Å². The molecule has 0 spiro atoms. The third-order valence-corrected chi connectivity index (χ3v) is 13.4. The maximum Gasteiger partial charge on any atom is 0.126 e. The third kappa shape index (κ3) is 6.92. The van der Waals surface area contributed by atoms with Crippen molar-refractivity contribution in [2.45, 2.75) is 33.6 Å². The summed E-state index contributed by atoms with van der Waals surface area (Å²) in [5, 5.41) is 21.8. The lowest BCUT2D eigenvalue weighted by molar-refractivity contribution is 0.475. The predicted octanol–water partition coefficient (Wildman–Crippen LogP) is 17.3. The molecule has 0 bridgehead atoms. The quantitative estimate of drug-likeness (QED) is 0.147. The minimum atomic E-state index is 0.164. The fourth-order valence-corrected chi connectivity index (χ4v) is 10.3. The van der Waals surface area contributed by atoms with Crippen molar-refractivity contribution >= 4 is 88.9 Å². The minimum absolute atomic E-state index is 0.164. The standard InChI is InChI=1S/C63H50N2O/c1-5-58(64(46-34-30-41(2)31-35-46)59-38-44-18-6-8-21-49(44)51-23-11-14-26-54(51)59)53-25-13-10-20-48(53)43(4)63-57-29-17-16-28-56(57)61(40-62(63)66)65(47-36-32-42(3)33-37-47)60-39-45-19-7-9-22-50(45)52-24-12-15-27-55(52)60/h5-10,12-22,24-40,66H,4,11,23H2,1-3H3/b58-5+. The van der Waals surface area contributed by atoms with Crippen LogP contribution in [-0.4, -0.2) is 5.11 Å². The lowest BCUT2D eigenvalue weighted by Gasteiger charge is -2.33. The van der Waals surface area contributed by atoms with Gasteiger partial charge >= 0.3 is 0 Å². The van der Waals surface area contributed by atoms with Crippen LogP contribution in [0.2, 0.25) is 0 Å². The van der Waals surface area contributed by atoms with Crippen molar-refractivity contribution < 1.29 is 5.11 Å². The van der Waals surface area contributed by atoms with Gasteiger partial charge in [-0.3, -0.25) is 0 Å². The minimum Gasteiger partial charge on any atom is -0.507 e. The Balaban J connectivity index is 1.10. The first kappa shape index (κ1) is 40.6. The molecule has 11 rings (SSSR count). The summed E-state index contributed by atoms with van der Waals surface area (Å²) >= 11 is 0. The van der Waals surface area contributed by atoms with Gasteiger partial charge in [-0.05, 0) is 119 Å². The maximum atomic E-state index is 12.7. The lowest BCUT2D eigenvalue weighted by atomic mass is 9.87. The Morgan fingerprint density at radius 2 is 1.05 bits per heavy atom. The first-order chi connectivity index (χ1) is 32.4. The molecule has 0 unspecified atom stereocenters. The van der Waals surface area contributed by atoms with Gasteiger partial charge in [0.25, 0.3) is 0 Å². The second kappa shape index (κ2) is 16.8. The molecule has 10 aromatic rings. The first-order valence-corrected chi connectivity index (χ1v) is 22.9. The van der Waals surface area contributed by atoms with E-state index in [-0.39, 0.29) is 5.75 Å². The highest BCUT2D eigenvalue weighted by Gasteiger charge is 2.27. The number of nitrogens with zero attached hydrogens (tertiary/aromatic N) is 2. The summed E-state index contributed by atoms with van der Waals surface area (Å²) in [4.78, 5) is 4.73. The van der Waals surface area contributed by atoms with E-state index >= 15 is 0 Å². The number of benzene rings is 10. The van der Waals surface area contributed by atoms with Crippen molar-refractivity contribution in [3.05, 3.63) is 246 Å². The predicted molar refractivity (Wildman–Crippen MR) is 283 cm³/mol. The maximum absolute atomic E-state index is 12.7. The smallest absolute Gasteiger partial charge is 0.126 e. The van der Waals surface area contributed by atoms with Crippen molar-refractivity contribution in [3.63, 3.8) is 0 Å². The summed E-state index contributed by atoms with van der Waals surface area (Å²) < 4.78 is 0. The van der Waals surface area contributed by atoms with Crippen LogP contribution >= 0.6 is 0 Å². The second-order valence-corrected chi connectivity index (χ2v) is 17.5. The summed E-state index contributed by atoms with van der Waals surface area (Å²) in [6, 6.07) is 67.0. The zero-order valence-electron chi connectivity index (χ0n) is 37.6. The van der Waals surface area contributed by atoms with Crippen LogP contribution in [0.5, 0.6) is 5.75 Å². The van der Waals surface area contributed by atoms with Crippen molar-refractivity contribution in [3.8, 4) is 5.75 Å². The van der Waals surface area contributed by atoms with E-state index in [0.717, 1.165) is 85.2 Å². The zero-order chi connectivity index (χ0) is 44.9. The second-order valence-electron chi connectivity index (χ2n) is 17.5. The fourth-order valence-electron chi connectivity index (χ4n) is 10.3. The highest BCUT2D eigenvalue weighted by Crippen LogP contribution is 2.50. The molecule has 10 aromatic carbocycles. The largest absolute Gasteiger partial charge is 0.507 e. The van der Waals surface area contributed by atoms with Crippen LogP contribution in [-0.2, 0) is 6.42 Å². The third-order valence-electron chi connectivity index (χ3n) is 13.4.